The summed E-state index contributed by atoms with van der Waals surface area (Å²) in [5.74, 6) is -6.50. The van der Waals surface area contributed by atoms with Gasteiger partial charge in [0.25, 0.3) is 0 Å². The third kappa shape index (κ3) is 10.7. The van der Waals surface area contributed by atoms with Crippen LogP contribution < -0.4 is 34.4 Å². The molecule has 15 nitrogen and oxygen atoms in total. The van der Waals surface area contributed by atoms with E-state index in [1.54, 1.807) is 0 Å². The maximum absolute atomic E-state index is 11.8. The van der Waals surface area contributed by atoms with Crippen LogP contribution in [0.4, 0.5) is 0 Å². The van der Waals surface area contributed by atoms with Gasteiger partial charge in [0.15, 0.2) is 0 Å². The fourth-order valence-electron chi connectivity index (χ4n) is 1.38. The molecule has 0 heterocycles. The van der Waals surface area contributed by atoms with E-state index < -0.39 is 96.1 Å². The zero-order valence-electron chi connectivity index (χ0n) is 14.4. The molecule has 0 spiro atoms. The summed E-state index contributed by atoms with van der Waals surface area (Å²) in [6.07, 6.45) is -1.79. The van der Waals surface area contributed by atoms with E-state index in [-0.39, 0.29) is 0 Å². The first-order valence-electron chi connectivity index (χ1n) is 7.40. The summed E-state index contributed by atoms with van der Waals surface area (Å²) in [6.45, 7) is 0. The number of hydrogen-bond acceptors (Lipinski definition) is 12. The Morgan fingerprint density at radius 3 is 0.964 bits per heavy atom. The Kier molecular flexibility index (Phi) is 11.1. The zero-order chi connectivity index (χ0) is 22.0. The second-order valence-electron chi connectivity index (χ2n) is 5.29. The molecule has 0 fully saturated rings. The molecule has 0 radical (unpaired) electrons. The molecule has 0 aromatic carbocycles. The van der Waals surface area contributed by atoms with Crippen molar-refractivity contribution in [2.45, 2.75) is 37.4 Å². The number of amides is 3. The summed E-state index contributed by atoms with van der Waals surface area (Å²) in [5, 5.41) is 0. The van der Waals surface area contributed by atoms with Gasteiger partial charge < -0.3 is 0 Å². The van der Waals surface area contributed by atoms with E-state index >= 15 is 0 Å². The number of hydrogen-bond donors (Lipinski definition) is 6. The summed E-state index contributed by atoms with van der Waals surface area (Å²) < 4.78 is 14.3. The van der Waals surface area contributed by atoms with Gasteiger partial charge >= 0.3 is 168 Å². The van der Waals surface area contributed by atoms with Crippen LogP contribution in [0.5, 0.6) is 0 Å². The van der Waals surface area contributed by atoms with Crippen molar-refractivity contribution in [1.82, 2.24) is 0 Å². The van der Waals surface area contributed by atoms with Gasteiger partial charge in [-0.2, -0.15) is 0 Å². The van der Waals surface area contributed by atoms with Crippen LogP contribution in [0.3, 0.4) is 0 Å². The average molecular weight is 602 g/mol. The average Bonchev–Trinajstić information content (AvgIpc) is 2.52. The van der Waals surface area contributed by atoms with Crippen molar-refractivity contribution in [3.8, 4) is 0 Å². The fourth-order valence-corrected chi connectivity index (χ4v) is 5.11. The second kappa shape index (κ2) is 12.1. The van der Waals surface area contributed by atoms with Gasteiger partial charge in [-0.15, -0.1) is 0 Å². The Balaban J connectivity index is 5.19. The van der Waals surface area contributed by atoms with Crippen molar-refractivity contribution in [3.63, 3.8) is 0 Å². The second-order valence-corrected chi connectivity index (χ2v) is 9.15. The molecule has 158 valence electrons. The van der Waals surface area contributed by atoms with Crippen LogP contribution in [0.2, 0.25) is 0 Å². The quantitative estimate of drug-likeness (QED) is 0.114. The van der Waals surface area contributed by atoms with Gasteiger partial charge in [-0.25, -0.2) is 0 Å². The minimum absolute atomic E-state index is 0.597. The molecule has 0 aliphatic carbocycles. The first-order chi connectivity index (χ1) is 12.8. The van der Waals surface area contributed by atoms with E-state index in [1.807, 2.05) is 0 Å². The Bertz CT molecular complexity index is 559. The molecular weight excluding hydrogens is 581 g/mol. The van der Waals surface area contributed by atoms with Gasteiger partial charge in [0, 0.05) is 0 Å². The SMILES string of the molecule is NC(=O)C[C@H](N)C(=O)[O][Bi]([O]C(=O)[C@@H](N)CC(N)=O)[O]C(=O)[C@@H](N)CC(N)=O. The van der Waals surface area contributed by atoms with Gasteiger partial charge in [0.05, 0.1) is 0 Å². The molecule has 0 saturated heterocycles. The molecule has 16 heteroatoms. The van der Waals surface area contributed by atoms with Crippen LogP contribution in [0.25, 0.3) is 0 Å². The number of rotatable bonds is 12. The summed E-state index contributed by atoms with van der Waals surface area (Å²) >= 11 is -4.71. The summed E-state index contributed by atoms with van der Waals surface area (Å²) in [7, 11) is 0. The van der Waals surface area contributed by atoms with Crippen LogP contribution in [-0.2, 0) is 37.2 Å². The number of carbonyl (C=O) groups is 6. The minimum atomic E-state index is -4.71. The molecule has 0 aromatic heterocycles. The Labute approximate surface area is 167 Å². The number of nitrogens with two attached hydrogens (primary N) is 6. The molecule has 12 N–H and O–H groups in total. The van der Waals surface area contributed by atoms with Gasteiger partial charge in [-0.3, -0.25) is 0 Å². The molecule has 0 aliphatic rings. The zero-order valence-corrected chi connectivity index (χ0v) is 17.9. The maximum atomic E-state index is 11.8. The summed E-state index contributed by atoms with van der Waals surface area (Å²) in [4.78, 5) is 67.9. The summed E-state index contributed by atoms with van der Waals surface area (Å²) in [5.41, 5.74) is 30.8. The normalized spacial score (nSPS) is 13.7. The molecule has 0 aliphatic heterocycles. The van der Waals surface area contributed by atoms with Gasteiger partial charge in [-0.05, 0) is 0 Å². The van der Waals surface area contributed by atoms with Crippen LogP contribution in [0, 0.1) is 0 Å². The molecule has 0 bridgehead atoms. The van der Waals surface area contributed by atoms with E-state index in [2.05, 4.69) is 0 Å². The summed E-state index contributed by atoms with van der Waals surface area (Å²) in [6, 6.07) is -4.57. The van der Waals surface area contributed by atoms with Crippen molar-refractivity contribution < 1.29 is 37.2 Å². The van der Waals surface area contributed by atoms with E-state index in [0.717, 1.165) is 0 Å². The molecule has 28 heavy (non-hydrogen) atoms. The number of primary amides is 3. The van der Waals surface area contributed by atoms with Gasteiger partial charge in [0.2, 0.25) is 0 Å². The predicted octanol–water partition coefficient (Wildman–Crippen LogP) is -5.79. The fraction of sp³-hybridized carbons (Fsp3) is 0.500. The molecule has 3 atom stereocenters. The van der Waals surface area contributed by atoms with E-state index in [0.29, 0.717) is 0 Å². The molecular formula is C12H21BiN6O9. The molecule has 0 rings (SSSR count). The Morgan fingerprint density at radius 1 is 0.571 bits per heavy atom. The van der Waals surface area contributed by atoms with Gasteiger partial charge in [0.1, 0.15) is 0 Å². The number of carbonyl (C=O) groups excluding carboxylic acids is 6. The van der Waals surface area contributed by atoms with Crippen LogP contribution in [0.15, 0.2) is 0 Å². The van der Waals surface area contributed by atoms with Gasteiger partial charge in [-0.1, -0.05) is 0 Å². The molecule has 3 amide bonds. The first-order valence-corrected chi connectivity index (χ1v) is 11.7. The molecule has 0 aromatic rings. The van der Waals surface area contributed by atoms with Crippen molar-refractivity contribution in [1.29, 1.82) is 0 Å². The van der Waals surface area contributed by atoms with E-state index in [4.69, 9.17) is 42.8 Å². The topological polar surface area (TPSA) is 286 Å². The Morgan fingerprint density at radius 2 is 0.786 bits per heavy atom. The van der Waals surface area contributed by atoms with Crippen LogP contribution in [0.1, 0.15) is 19.3 Å². The first kappa shape index (κ1) is 25.6. The van der Waals surface area contributed by atoms with Crippen molar-refractivity contribution in [2.75, 3.05) is 0 Å². The van der Waals surface area contributed by atoms with Crippen molar-refractivity contribution in [2.24, 2.45) is 34.4 Å². The van der Waals surface area contributed by atoms with Crippen LogP contribution >= 0.6 is 0 Å². The standard InChI is InChI=1S/3C4H8N2O3.Bi/c3*5-2(4(8)9)1-3(6)7;/h3*2H,1,5H2,(H2,6,7)(H,8,9);/q;;;+3/p-3/t3*2-;/m000./s1. The van der Waals surface area contributed by atoms with E-state index in [1.165, 1.54) is 0 Å². The monoisotopic (exact) mass is 602 g/mol. The third-order valence-electron chi connectivity index (χ3n) is 2.67. The van der Waals surface area contributed by atoms with Crippen molar-refractivity contribution in [3.05, 3.63) is 0 Å². The van der Waals surface area contributed by atoms with E-state index in [9.17, 15) is 28.8 Å². The molecule has 0 saturated carbocycles. The molecule has 0 unspecified atom stereocenters. The van der Waals surface area contributed by atoms with Crippen molar-refractivity contribution >= 4 is 58.7 Å². The predicted molar refractivity (Wildman–Crippen MR) is 89.4 cm³/mol. The van der Waals surface area contributed by atoms with Crippen LogP contribution in [-0.4, -0.2) is 76.8 Å². The Hall–Kier alpha value is -2.42. The third-order valence-corrected chi connectivity index (χ3v) is 6.50.